The summed E-state index contributed by atoms with van der Waals surface area (Å²) < 4.78 is 0. The van der Waals surface area contributed by atoms with Gasteiger partial charge in [0.1, 0.15) is 6.23 Å². The van der Waals surface area contributed by atoms with Gasteiger partial charge in [-0.15, -0.1) is 0 Å². The zero-order valence-electron chi connectivity index (χ0n) is 17.7. The Morgan fingerprint density at radius 2 is 1.84 bits per heavy atom. The van der Waals surface area contributed by atoms with E-state index in [0.717, 1.165) is 34.1 Å². The van der Waals surface area contributed by atoms with Crippen LogP contribution in [0.4, 0.5) is 5.69 Å². The third-order valence-electron chi connectivity index (χ3n) is 5.22. The normalized spacial score (nSPS) is 12.6. The molecule has 0 saturated heterocycles. The minimum Gasteiger partial charge on any atom is -0.494 e. The molecule has 6 nitrogen and oxygen atoms in total. The van der Waals surface area contributed by atoms with Gasteiger partial charge in [0, 0.05) is 23.0 Å². The van der Waals surface area contributed by atoms with Gasteiger partial charge in [-0.3, -0.25) is 5.32 Å². The quantitative estimate of drug-likeness (QED) is 0.261. The number of H-pyrrole nitrogens is 1. The third kappa shape index (κ3) is 4.70. The highest BCUT2D eigenvalue weighted by Gasteiger charge is 2.19. The molecule has 0 aliphatic carbocycles. The Hall–Kier alpha value is -3.92. The number of aromatic amines is 1. The fraction of sp³-hybridized carbons (Fsp3) is 0.154. The molecule has 32 heavy (non-hydrogen) atoms. The number of aliphatic hydroxyl groups excluding tert-OH is 1. The van der Waals surface area contributed by atoms with Crippen LogP contribution in [0.25, 0.3) is 10.9 Å². The molecule has 0 aliphatic rings. The van der Waals surface area contributed by atoms with E-state index in [0.29, 0.717) is 23.4 Å². The monoisotopic (exact) mass is 424 g/mol. The van der Waals surface area contributed by atoms with Crippen molar-refractivity contribution < 1.29 is 10.2 Å². The van der Waals surface area contributed by atoms with Gasteiger partial charge in [0.2, 0.25) is 0 Å². The van der Waals surface area contributed by atoms with Gasteiger partial charge in [0.15, 0.2) is 5.88 Å². The van der Waals surface area contributed by atoms with Crippen LogP contribution in [0, 0.1) is 11.3 Å². The Kier molecular flexibility index (Phi) is 6.31. The van der Waals surface area contributed by atoms with E-state index in [2.05, 4.69) is 16.4 Å². The highest BCUT2D eigenvalue weighted by molar-refractivity contribution is 6.22. The first-order chi connectivity index (χ1) is 15.5. The average Bonchev–Trinajstić information content (AvgIpc) is 3.13. The van der Waals surface area contributed by atoms with Gasteiger partial charge in [-0.25, -0.2) is 4.99 Å². The molecule has 4 N–H and O–H groups in total. The van der Waals surface area contributed by atoms with Crippen LogP contribution in [-0.4, -0.2) is 33.7 Å². The molecule has 1 heterocycles. The molecule has 0 bridgehead atoms. The summed E-state index contributed by atoms with van der Waals surface area (Å²) in [6, 6.07) is 25.0. The Morgan fingerprint density at radius 3 is 2.53 bits per heavy atom. The van der Waals surface area contributed by atoms with Crippen LogP contribution in [0.1, 0.15) is 29.2 Å². The molecule has 0 fully saturated rings. The second kappa shape index (κ2) is 9.48. The fourth-order valence-corrected chi connectivity index (χ4v) is 3.64. The Morgan fingerprint density at radius 1 is 1.09 bits per heavy atom. The predicted octanol–water partition coefficient (Wildman–Crippen LogP) is 4.38. The molecule has 0 radical (unpaired) electrons. The highest BCUT2D eigenvalue weighted by atomic mass is 16.3. The molecule has 4 aromatic rings. The van der Waals surface area contributed by atoms with Crippen LogP contribution >= 0.6 is 0 Å². The molecule has 0 saturated carbocycles. The van der Waals surface area contributed by atoms with Gasteiger partial charge in [0.25, 0.3) is 0 Å². The van der Waals surface area contributed by atoms with Gasteiger partial charge >= 0.3 is 0 Å². The Labute approximate surface area is 186 Å². The summed E-state index contributed by atoms with van der Waals surface area (Å²) in [5, 5.41) is 33.1. The smallest absolute Gasteiger partial charge is 0.199 e. The number of nitriles is 1. The number of aromatic hydroxyl groups is 1. The van der Waals surface area contributed by atoms with E-state index in [4.69, 9.17) is 4.99 Å². The molecule has 160 valence electrons. The van der Waals surface area contributed by atoms with Crippen molar-refractivity contribution >= 4 is 22.3 Å². The lowest BCUT2D eigenvalue weighted by molar-refractivity contribution is 0.157. The van der Waals surface area contributed by atoms with Crippen molar-refractivity contribution in [3.8, 4) is 11.9 Å². The summed E-state index contributed by atoms with van der Waals surface area (Å²) in [6.45, 7) is 2.38. The lowest BCUT2D eigenvalue weighted by Gasteiger charge is -2.09. The number of fused-ring (bicyclic) bond motifs is 1. The molecular formula is C26H24N4O2. The van der Waals surface area contributed by atoms with Crippen molar-refractivity contribution in [2.45, 2.75) is 19.6 Å². The van der Waals surface area contributed by atoms with Gasteiger partial charge in [0.05, 0.1) is 28.6 Å². The maximum absolute atomic E-state index is 10.7. The fourth-order valence-electron chi connectivity index (χ4n) is 3.64. The first-order valence-corrected chi connectivity index (χ1v) is 10.4. The molecule has 1 aromatic heterocycles. The zero-order valence-corrected chi connectivity index (χ0v) is 17.7. The standard InChI is InChI=1S/C26H24N4O2/c1-17(31)28-14-13-18-7-10-21(11-8-18)29-25(20-5-3-2-4-6-20)24-22-15-19(16-27)9-12-23(22)30-26(24)32/h2-12,15,17,28,30-32H,13-14H2,1H3. The molecule has 1 unspecified atom stereocenters. The lowest BCUT2D eigenvalue weighted by atomic mass is 10.00. The van der Waals surface area contributed by atoms with Crippen LogP contribution in [0.3, 0.4) is 0 Å². The van der Waals surface area contributed by atoms with Crippen molar-refractivity contribution in [2.24, 2.45) is 4.99 Å². The summed E-state index contributed by atoms with van der Waals surface area (Å²) in [7, 11) is 0. The average molecular weight is 425 g/mol. The van der Waals surface area contributed by atoms with Gasteiger partial charge < -0.3 is 15.2 Å². The largest absolute Gasteiger partial charge is 0.494 e. The van der Waals surface area contributed by atoms with E-state index >= 15 is 0 Å². The number of hydrogen-bond acceptors (Lipinski definition) is 5. The highest BCUT2D eigenvalue weighted by Crippen LogP contribution is 2.32. The Bertz CT molecular complexity index is 1280. The molecule has 0 aliphatic heterocycles. The molecule has 0 amide bonds. The van der Waals surface area contributed by atoms with Crippen LogP contribution in [0.15, 0.2) is 77.8 Å². The number of nitrogens with zero attached hydrogens (tertiary/aromatic N) is 2. The number of aliphatic imine (C=N–C) groups is 1. The molecule has 6 heteroatoms. The lowest BCUT2D eigenvalue weighted by Crippen LogP contribution is -2.27. The number of aliphatic hydroxyl groups is 1. The van der Waals surface area contributed by atoms with E-state index in [9.17, 15) is 15.5 Å². The molecule has 4 rings (SSSR count). The summed E-state index contributed by atoms with van der Waals surface area (Å²) in [5.74, 6) is 0.0125. The van der Waals surface area contributed by atoms with Crippen LogP contribution < -0.4 is 5.32 Å². The second-order valence-corrected chi connectivity index (χ2v) is 7.59. The van der Waals surface area contributed by atoms with Crippen molar-refractivity contribution in [1.82, 2.24) is 10.3 Å². The summed E-state index contributed by atoms with van der Waals surface area (Å²) in [5.41, 5.74) is 5.17. The first-order valence-electron chi connectivity index (χ1n) is 10.4. The number of aromatic nitrogens is 1. The van der Waals surface area contributed by atoms with E-state index in [1.807, 2.05) is 54.6 Å². The molecule has 3 aromatic carbocycles. The maximum Gasteiger partial charge on any atom is 0.199 e. The molecule has 1 atom stereocenters. The van der Waals surface area contributed by atoms with E-state index in [1.165, 1.54) is 0 Å². The molecular weight excluding hydrogens is 400 g/mol. The van der Waals surface area contributed by atoms with Crippen LogP contribution in [0.5, 0.6) is 5.88 Å². The Balaban J connectivity index is 1.77. The zero-order chi connectivity index (χ0) is 22.5. The number of rotatable bonds is 7. The van der Waals surface area contributed by atoms with E-state index < -0.39 is 6.23 Å². The first kappa shape index (κ1) is 21.3. The van der Waals surface area contributed by atoms with E-state index in [-0.39, 0.29) is 5.88 Å². The van der Waals surface area contributed by atoms with Crippen molar-refractivity contribution in [1.29, 1.82) is 5.26 Å². The van der Waals surface area contributed by atoms with Gasteiger partial charge in [-0.05, 0) is 49.2 Å². The van der Waals surface area contributed by atoms with Crippen molar-refractivity contribution in [2.75, 3.05) is 6.54 Å². The minimum atomic E-state index is -0.530. The van der Waals surface area contributed by atoms with Crippen LogP contribution in [-0.2, 0) is 6.42 Å². The van der Waals surface area contributed by atoms with Gasteiger partial charge in [-0.2, -0.15) is 5.26 Å². The molecule has 0 spiro atoms. The summed E-state index contributed by atoms with van der Waals surface area (Å²) in [6.07, 6.45) is 0.262. The third-order valence-corrected chi connectivity index (χ3v) is 5.22. The number of nitrogens with one attached hydrogen (secondary N) is 2. The second-order valence-electron chi connectivity index (χ2n) is 7.59. The topological polar surface area (TPSA) is 104 Å². The number of benzene rings is 3. The van der Waals surface area contributed by atoms with Crippen molar-refractivity contribution in [3.63, 3.8) is 0 Å². The maximum atomic E-state index is 10.7. The summed E-state index contributed by atoms with van der Waals surface area (Å²) >= 11 is 0. The van der Waals surface area contributed by atoms with Crippen molar-refractivity contribution in [3.05, 3.63) is 95.1 Å². The van der Waals surface area contributed by atoms with E-state index in [1.54, 1.807) is 25.1 Å². The van der Waals surface area contributed by atoms with Crippen LogP contribution in [0.2, 0.25) is 0 Å². The van der Waals surface area contributed by atoms with Gasteiger partial charge in [-0.1, -0.05) is 42.5 Å². The summed E-state index contributed by atoms with van der Waals surface area (Å²) in [4.78, 5) is 7.88. The minimum absolute atomic E-state index is 0.0125. The number of hydrogen-bond donors (Lipinski definition) is 4. The SMILES string of the molecule is CC(O)NCCc1ccc(N=C(c2ccccc2)c2c(O)[nH]c3ccc(C#N)cc23)cc1. The predicted molar refractivity (Wildman–Crippen MR) is 126 cm³/mol.